The second-order valence-corrected chi connectivity index (χ2v) is 4.59. The number of alkyl halides is 6. The van der Waals surface area contributed by atoms with E-state index in [1.807, 2.05) is 0 Å². The molecule has 0 aliphatic carbocycles. The first-order valence-electron chi connectivity index (χ1n) is 5.01. The van der Waals surface area contributed by atoms with Crippen LogP contribution in [0.25, 0.3) is 0 Å². The molecule has 0 aliphatic rings. The molecule has 3 nitrogen and oxygen atoms in total. The lowest BCUT2D eigenvalue weighted by atomic mass is 10.2. The first-order valence-corrected chi connectivity index (χ1v) is 5.83. The summed E-state index contributed by atoms with van der Waals surface area (Å²) in [5.41, 5.74) is -0.937. The molecule has 0 fully saturated rings. The standard InChI is InChI=1S/C10H5F6N3S/c11-9(12,13)5-2-1-3-6(4-5)17-8-19-18-7(20-8)10(14,15)16/h1-4H,(H,17,19). The Morgan fingerprint density at radius 1 is 0.950 bits per heavy atom. The van der Waals surface area contributed by atoms with E-state index in [0.29, 0.717) is 0 Å². The summed E-state index contributed by atoms with van der Waals surface area (Å²) in [6, 6.07) is 4.04. The van der Waals surface area contributed by atoms with Gasteiger partial charge >= 0.3 is 12.4 Å². The van der Waals surface area contributed by atoms with Gasteiger partial charge in [0.25, 0.3) is 0 Å². The molecule has 0 amide bonds. The maximum absolute atomic E-state index is 12.5. The van der Waals surface area contributed by atoms with Crippen molar-refractivity contribution in [2.45, 2.75) is 12.4 Å². The fraction of sp³-hybridized carbons (Fsp3) is 0.200. The monoisotopic (exact) mass is 313 g/mol. The van der Waals surface area contributed by atoms with Gasteiger partial charge in [-0.1, -0.05) is 17.4 Å². The van der Waals surface area contributed by atoms with Gasteiger partial charge in [0.2, 0.25) is 10.1 Å². The van der Waals surface area contributed by atoms with Crippen molar-refractivity contribution in [1.29, 1.82) is 0 Å². The van der Waals surface area contributed by atoms with Gasteiger partial charge in [0.05, 0.1) is 5.56 Å². The maximum atomic E-state index is 12.5. The number of rotatable bonds is 2. The lowest BCUT2D eigenvalue weighted by molar-refractivity contribution is -0.138. The summed E-state index contributed by atoms with van der Waals surface area (Å²) >= 11 is 0.208. The third-order valence-corrected chi connectivity index (χ3v) is 2.99. The van der Waals surface area contributed by atoms with E-state index in [-0.39, 0.29) is 22.2 Å². The van der Waals surface area contributed by atoms with Crippen molar-refractivity contribution in [3.05, 3.63) is 34.8 Å². The predicted molar refractivity (Wildman–Crippen MR) is 59.6 cm³/mol. The Kier molecular flexibility index (Phi) is 3.59. The molecule has 1 aromatic heterocycles. The zero-order valence-corrected chi connectivity index (χ0v) is 10.2. The van der Waals surface area contributed by atoms with Gasteiger partial charge in [0, 0.05) is 5.69 Å². The first kappa shape index (κ1) is 14.6. The van der Waals surface area contributed by atoms with Crippen LogP contribution in [-0.4, -0.2) is 10.2 Å². The molecule has 0 unspecified atom stereocenters. The van der Waals surface area contributed by atoms with E-state index in [0.717, 1.165) is 18.2 Å². The number of hydrogen-bond donors (Lipinski definition) is 1. The van der Waals surface area contributed by atoms with Crippen molar-refractivity contribution in [1.82, 2.24) is 10.2 Å². The molecule has 0 saturated carbocycles. The predicted octanol–water partition coefficient (Wildman–Crippen LogP) is 4.32. The largest absolute Gasteiger partial charge is 0.445 e. The number of aromatic nitrogens is 2. The summed E-state index contributed by atoms with van der Waals surface area (Å²) in [5, 5.41) is 7.08. The highest BCUT2D eigenvalue weighted by Crippen LogP contribution is 2.35. The number of nitrogens with zero attached hydrogens (tertiary/aromatic N) is 2. The fourth-order valence-corrected chi connectivity index (χ4v) is 1.92. The third-order valence-electron chi connectivity index (χ3n) is 2.11. The molecule has 0 bridgehead atoms. The molecule has 0 aliphatic heterocycles. The molecule has 0 saturated heterocycles. The molecule has 1 heterocycles. The molecule has 2 aromatic rings. The zero-order chi connectivity index (χ0) is 15.0. The lowest BCUT2D eigenvalue weighted by Gasteiger charge is -2.08. The van der Waals surface area contributed by atoms with E-state index >= 15 is 0 Å². The normalized spacial score (nSPS) is 12.5. The van der Waals surface area contributed by atoms with Gasteiger partial charge in [-0.3, -0.25) is 0 Å². The Balaban J connectivity index is 2.20. The molecule has 20 heavy (non-hydrogen) atoms. The van der Waals surface area contributed by atoms with Crippen molar-refractivity contribution in [3.63, 3.8) is 0 Å². The minimum atomic E-state index is -4.63. The number of benzene rings is 1. The average molecular weight is 313 g/mol. The summed E-state index contributed by atoms with van der Waals surface area (Å²) in [7, 11) is 0. The summed E-state index contributed by atoms with van der Waals surface area (Å²) in [6.07, 6.45) is -9.17. The van der Waals surface area contributed by atoms with Gasteiger partial charge in [-0.25, -0.2) is 0 Å². The first-order chi connectivity index (χ1) is 9.16. The molecule has 2 rings (SSSR count). The molecule has 0 atom stereocenters. The molecule has 1 aromatic carbocycles. The highest BCUT2D eigenvalue weighted by molar-refractivity contribution is 7.15. The Labute approximate surface area is 112 Å². The average Bonchev–Trinajstić information content (AvgIpc) is 2.76. The Morgan fingerprint density at radius 3 is 2.20 bits per heavy atom. The van der Waals surface area contributed by atoms with Gasteiger partial charge in [-0.2, -0.15) is 26.3 Å². The van der Waals surface area contributed by atoms with E-state index in [4.69, 9.17) is 0 Å². The van der Waals surface area contributed by atoms with Crippen LogP contribution in [-0.2, 0) is 12.4 Å². The summed E-state index contributed by atoms with van der Waals surface area (Å²) in [5.74, 6) is 0. The van der Waals surface area contributed by atoms with E-state index in [9.17, 15) is 26.3 Å². The van der Waals surface area contributed by atoms with Crippen LogP contribution >= 0.6 is 11.3 Å². The Morgan fingerprint density at radius 2 is 1.65 bits per heavy atom. The van der Waals surface area contributed by atoms with E-state index in [1.54, 1.807) is 0 Å². The second-order valence-electron chi connectivity index (χ2n) is 3.61. The SMILES string of the molecule is FC(F)(F)c1cccc(Nc2nnc(C(F)(F)F)s2)c1. The van der Waals surface area contributed by atoms with Crippen molar-refractivity contribution in [2.24, 2.45) is 0 Å². The zero-order valence-electron chi connectivity index (χ0n) is 9.38. The van der Waals surface area contributed by atoms with Crippen molar-refractivity contribution in [2.75, 3.05) is 5.32 Å². The van der Waals surface area contributed by atoms with Gasteiger partial charge in [0.15, 0.2) is 0 Å². The topological polar surface area (TPSA) is 37.8 Å². The minimum Gasteiger partial charge on any atom is -0.330 e. The van der Waals surface area contributed by atoms with Crippen LogP contribution < -0.4 is 5.32 Å². The highest BCUT2D eigenvalue weighted by Gasteiger charge is 2.35. The molecule has 108 valence electrons. The van der Waals surface area contributed by atoms with Gasteiger partial charge in [-0.05, 0) is 18.2 Å². The van der Waals surface area contributed by atoms with Crippen LogP contribution in [0.3, 0.4) is 0 Å². The van der Waals surface area contributed by atoms with Crippen molar-refractivity contribution in [3.8, 4) is 0 Å². The smallest absolute Gasteiger partial charge is 0.330 e. The Hall–Kier alpha value is -1.84. The summed E-state index contributed by atoms with van der Waals surface area (Å²) in [4.78, 5) is 0. The van der Waals surface area contributed by atoms with Crippen LogP contribution in [0.2, 0.25) is 0 Å². The second kappa shape index (κ2) is 4.93. The summed E-state index contributed by atoms with van der Waals surface area (Å²) in [6.45, 7) is 0. The molecule has 0 radical (unpaired) electrons. The molecule has 0 spiro atoms. The van der Waals surface area contributed by atoms with Crippen LogP contribution in [0.4, 0.5) is 37.2 Å². The van der Waals surface area contributed by atoms with E-state index < -0.39 is 22.9 Å². The molecule has 10 heteroatoms. The van der Waals surface area contributed by atoms with Gasteiger partial charge < -0.3 is 5.32 Å². The van der Waals surface area contributed by atoms with E-state index in [1.165, 1.54) is 6.07 Å². The number of hydrogen-bond acceptors (Lipinski definition) is 4. The number of anilines is 2. The fourth-order valence-electron chi connectivity index (χ4n) is 1.29. The quantitative estimate of drug-likeness (QED) is 0.839. The molecular weight excluding hydrogens is 308 g/mol. The maximum Gasteiger partial charge on any atom is 0.445 e. The third kappa shape index (κ3) is 3.38. The van der Waals surface area contributed by atoms with Crippen molar-refractivity contribution >= 4 is 22.2 Å². The Bertz CT molecular complexity index is 604. The van der Waals surface area contributed by atoms with Crippen LogP contribution in [0, 0.1) is 0 Å². The van der Waals surface area contributed by atoms with Crippen LogP contribution in [0.15, 0.2) is 24.3 Å². The van der Waals surface area contributed by atoms with Crippen LogP contribution in [0.5, 0.6) is 0 Å². The number of nitrogens with one attached hydrogen (secondary N) is 1. The lowest BCUT2D eigenvalue weighted by Crippen LogP contribution is -2.05. The van der Waals surface area contributed by atoms with Gasteiger partial charge in [0.1, 0.15) is 0 Å². The molecular formula is C10H5F6N3S. The highest BCUT2D eigenvalue weighted by atomic mass is 32.1. The molecule has 1 N–H and O–H groups in total. The minimum absolute atomic E-state index is 0.0234. The summed E-state index contributed by atoms with van der Waals surface area (Å²) < 4.78 is 74.3. The van der Waals surface area contributed by atoms with Crippen molar-refractivity contribution < 1.29 is 26.3 Å². The van der Waals surface area contributed by atoms with Gasteiger partial charge in [-0.15, -0.1) is 10.2 Å². The number of halogens is 6. The van der Waals surface area contributed by atoms with E-state index in [2.05, 4.69) is 15.5 Å². The van der Waals surface area contributed by atoms with Crippen LogP contribution in [0.1, 0.15) is 10.6 Å².